The highest BCUT2D eigenvalue weighted by molar-refractivity contribution is 7.89. The van der Waals surface area contributed by atoms with Crippen molar-refractivity contribution >= 4 is 10.0 Å². The molecule has 3 aromatic rings. The number of pyridine rings is 1. The van der Waals surface area contributed by atoms with E-state index in [4.69, 9.17) is 4.74 Å². The highest BCUT2D eigenvalue weighted by Gasteiger charge is 2.17. The number of ether oxygens (including phenoxy) is 1. The zero-order valence-corrected chi connectivity index (χ0v) is 17.0. The number of aryl methyl sites for hydroxylation is 2. The first-order valence-corrected chi connectivity index (χ1v) is 10.6. The molecule has 2 heterocycles. The molecule has 2 aromatic heterocycles. The van der Waals surface area contributed by atoms with Crippen LogP contribution in [0.4, 0.5) is 0 Å². The van der Waals surface area contributed by atoms with Crippen LogP contribution in [-0.4, -0.2) is 29.8 Å². The van der Waals surface area contributed by atoms with Gasteiger partial charge in [-0.3, -0.25) is 9.67 Å². The van der Waals surface area contributed by atoms with Gasteiger partial charge in [0.1, 0.15) is 5.75 Å². The van der Waals surface area contributed by atoms with Crippen molar-refractivity contribution in [2.75, 3.05) is 6.61 Å². The van der Waals surface area contributed by atoms with Crippen molar-refractivity contribution < 1.29 is 13.2 Å². The van der Waals surface area contributed by atoms with E-state index in [0.717, 1.165) is 23.2 Å². The number of nitrogens with one attached hydrogen (secondary N) is 1. The summed E-state index contributed by atoms with van der Waals surface area (Å²) in [6.45, 7) is 4.57. The maximum absolute atomic E-state index is 12.7. The monoisotopic (exact) mass is 400 g/mol. The van der Waals surface area contributed by atoms with E-state index in [1.807, 2.05) is 39.1 Å². The summed E-state index contributed by atoms with van der Waals surface area (Å²) in [5.41, 5.74) is 3.29. The molecule has 0 aliphatic heterocycles. The van der Waals surface area contributed by atoms with Gasteiger partial charge in [-0.15, -0.1) is 0 Å². The Labute approximate surface area is 165 Å². The molecule has 8 heteroatoms. The number of benzene rings is 1. The summed E-state index contributed by atoms with van der Waals surface area (Å²) < 4.78 is 35.3. The Kier molecular flexibility index (Phi) is 6.11. The lowest BCUT2D eigenvalue weighted by Crippen LogP contribution is -2.23. The number of sulfonamides is 1. The third-order valence-electron chi connectivity index (χ3n) is 4.27. The van der Waals surface area contributed by atoms with E-state index in [2.05, 4.69) is 14.8 Å². The fourth-order valence-electron chi connectivity index (χ4n) is 2.82. The van der Waals surface area contributed by atoms with Crippen LogP contribution >= 0.6 is 0 Å². The lowest BCUT2D eigenvalue weighted by Gasteiger charge is -2.11. The Morgan fingerprint density at radius 2 is 1.89 bits per heavy atom. The largest absolute Gasteiger partial charge is 0.493 e. The number of rotatable bonds is 8. The molecule has 7 nitrogen and oxygen atoms in total. The topological polar surface area (TPSA) is 86.1 Å². The van der Waals surface area contributed by atoms with Crippen molar-refractivity contribution in [2.24, 2.45) is 7.05 Å². The molecule has 0 atom stereocenters. The highest BCUT2D eigenvalue weighted by atomic mass is 32.2. The SMILES string of the molecule is CCCOc1ccc(S(=O)(=O)NCc2cc(-c3ccncc3)n(C)n2)cc1C. The molecule has 28 heavy (non-hydrogen) atoms. The quantitative estimate of drug-likeness (QED) is 0.628. The number of nitrogens with zero attached hydrogens (tertiary/aromatic N) is 3. The van der Waals surface area contributed by atoms with Gasteiger partial charge in [-0.2, -0.15) is 5.10 Å². The molecular formula is C20H24N4O3S. The van der Waals surface area contributed by atoms with Gasteiger partial charge < -0.3 is 4.74 Å². The lowest BCUT2D eigenvalue weighted by atomic mass is 10.2. The van der Waals surface area contributed by atoms with E-state index in [-0.39, 0.29) is 11.4 Å². The Morgan fingerprint density at radius 1 is 1.14 bits per heavy atom. The Hall–Kier alpha value is -2.71. The first-order valence-electron chi connectivity index (χ1n) is 9.07. The molecule has 0 aliphatic carbocycles. The zero-order chi connectivity index (χ0) is 20.1. The minimum Gasteiger partial charge on any atom is -0.493 e. The highest BCUT2D eigenvalue weighted by Crippen LogP contribution is 2.23. The molecule has 1 N–H and O–H groups in total. The molecule has 0 spiro atoms. The fourth-order valence-corrected chi connectivity index (χ4v) is 3.90. The van der Waals surface area contributed by atoms with Gasteiger partial charge >= 0.3 is 0 Å². The second-order valence-electron chi connectivity index (χ2n) is 6.48. The second kappa shape index (κ2) is 8.53. The minimum atomic E-state index is -3.65. The summed E-state index contributed by atoms with van der Waals surface area (Å²) in [6, 6.07) is 10.5. The molecule has 0 bridgehead atoms. The Morgan fingerprint density at radius 3 is 2.57 bits per heavy atom. The molecule has 3 rings (SSSR count). The van der Waals surface area contributed by atoms with Crippen molar-refractivity contribution in [3.05, 3.63) is 60.0 Å². The molecule has 0 fully saturated rings. The molecule has 0 unspecified atom stereocenters. The third-order valence-corrected chi connectivity index (χ3v) is 5.67. The van der Waals surface area contributed by atoms with Gasteiger partial charge in [0.25, 0.3) is 0 Å². The van der Waals surface area contributed by atoms with Gasteiger partial charge in [-0.05, 0) is 55.3 Å². The van der Waals surface area contributed by atoms with Gasteiger partial charge in [0, 0.05) is 25.0 Å². The first-order chi connectivity index (χ1) is 13.4. The minimum absolute atomic E-state index is 0.106. The zero-order valence-electron chi connectivity index (χ0n) is 16.2. The fraction of sp³-hybridized carbons (Fsp3) is 0.300. The molecular weight excluding hydrogens is 376 g/mol. The molecule has 0 aliphatic rings. The summed E-state index contributed by atoms with van der Waals surface area (Å²) in [6.07, 6.45) is 4.31. The van der Waals surface area contributed by atoms with Crippen LogP contribution in [0.3, 0.4) is 0 Å². The van der Waals surface area contributed by atoms with Crippen LogP contribution in [0.25, 0.3) is 11.3 Å². The Bertz CT molecular complexity index is 1050. The van der Waals surface area contributed by atoms with Gasteiger partial charge in [0.15, 0.2) is 0 Å². The number of hydrogen-bond donors (Lipinski definition) is 1. The average molecular weight is 401 g/mol. The summed E-state index contributed by atoms with van der Waals surface area (Å²) in [7, 11) is -1.83. The van der Waals surface area contributed by atoms with Gasteiger partial charge in [0.05, 0.1) is 29.4 Å². The number of aromatic nitrogens is 3. The standard InChI is InChI=1S/C20H24N4O3S/c1-4-11-27-20-6-5-18(12-15(20)2)28(25,26)22-14-17-13-19(24(3)23-17)16-7-9-21-10-8-16/h5-10,12-13,22H,4,11,14H2,1-3H3. The van der Waals surface area contributed by atoms with E-state index in [0.29, 0.717) is 18.1 Å². The maximum atomic E-state index is 12.7. The average Bonchev–Trinajstić information content (AvgIpc) is 3.07. The van der Waals surface area contributed by atoms with Crippen molar-refractivity contribution in [3.8, 4) is 17.0 Å². The third kappa shape index (κ3) is 4.58. The van der Waals surface area contributed by atoms with Crippen LogP contribution in [-0.2, 0) is 23.6 Å². The van der Waals surface area contributed by atoms with Crippen LogP contribution in [0.15, 0.2) is 53.7 Å². The maximum Gasteiger partial charge on any atom is 0.240 e. The molecule has 1 aromatic carbocycles. The van der Waals surface area contributed by atoms with Gasteiger partial charge in [-0.1, -0.05) is 6.92 Å². The van der Waals surface area contributed by atoms with E-state index in [9.17, 15) is 8.42 Å². The summed E-state index contributed by atoms with van der Waals surface area (Å²) in [4.78, 5) is 4.22. The first kappa shape index (κ1) is 20.0. The molecule has 0 saturated carbocycles. The lowest BCUT2D eigenvalue weighted by molar-refractivity contribution is 0.315. The van der Waals surface area contributed by atoms with E-state index in [1.165, 1.54) is 0 Å². The van der Waals surface area contributed by atoms with Crippen molar-refractivity contribution in [1.82, 2.24) is 19.5 Å². The number of hydrogen-bond acceptors (Lipinski definition) is 5. The van der Waals surface area contributed by atoms with Gasteiger partial charge in [-0.25, -0.2) is 13.1 Å². The summed E-state index contributed by atoms with van der Waals surface area (Å²) >= 11 is 0. The normalized spacial score (nSPS) is 11.5. The van der Waals surface area contributed by atoms with E-state index in [1.54, 1.807) is 35.3 Å². The predicted octanol–water partition coefficient (Wildman–Crippen LogP) is 3.06. The Balaban J connectivity index is 1.73. The van der Waals surface area contributed by atoms with Crippen LogP contribution in [0, 0.1) is 6.92 Å². The molecule has 0 saturated heterocycles. The summed E-state index contributed by atoms with van der Waals surface area (Å²) in [5.74, 6) is 0.701. The second-order valence-corrected chi connectivity index (χ2v) is 8.25. The molecule has 148 valence electrons. The van der Waals surface area contributed by atoms with Crippen LogP contribution in [0.5, 0.6) is 5.75 Å². The van der Waals surface area contributed by atoms with Crippen LogP contribution in [0.1, 0.15) is 24.6 Å². The van der Waals surface area contributed by atoms with Crippen molar-refractivity contribution in [1.29, 1.82) is 0 Å². The van der Waals surface area contributed by atoms with Gasteiger partial charge in [0.2, 0.25) is 10.0 Å². The smallest absolute Gasteiger partial charge is 0.240 e. The molecule has 0 amide bonds. The van der Waals surface area contributed by atoms with E-state index < -0.39 is 10.0 Å². The van der Waals surface area contributed by atoms with E-state index >= 15 is 0 Å². The van der Waals surface area contributed by atoms with Crippen LogP contribution < -0.4 is 9.46 Å². The predicted molar refractivity (Wildman–Crippen MR) is 107 cm³/mol. The molecule has 0 radical (unpaired) electrons. The van der Waals surface area contributed by atoms with Crippen molar-refractivity contribution in [2.45, 2.75) is 31.7 Å². The summed E-state index contributed by atoms with van der Waals surface area (Å²) in [5, 5.41) is 4.40. The van der Waals surface area contributed by atoms with Crippen LogP contribution in [0.2, 0.25) is 0 Å². The van der Waals surface area contributed by atoms with Crippen molar-refractivity contribution in [3.63, 3.8) is 0 Å².